The fraction of sp³-hybridized carbons (Fsp3) is 0.500. The van der Waals surface area contributed by atoms with Crippen LogP contribution < -0.4 is 0 Å². The summed E-state index contributed by atoms with van der Waals surface area (Å²) in [6.45, 7) is 0. The zero-order valence-corrected chi connectivity index (χ0v) is 4.79. The number of aliphatic imine (C=N–C) groups is 1. The molecule has 1 rings (SSSR count). The maximum Gasteiger partial charge on any atom is 0.194 e. The van der Waals surface area contributed by atoms with E-state index in [4.69, 9.17) is 4.74 Å². The number of nitrogens with zero attached hydrogens (tertiary/aromatic N) is 1. The lowest BCUT2D eigenvalue weighted by Gasteiger charge is -1.90. The first kappa shape index (κ1) is 4.97. The predicted octanol–water partition coefficient (Wildman–Crippen LogP) is 0.774. The molecule has 0 amide bonds. The monoisotopic (exact) mass is 115 g/mol. The lowest BCUT2D eigenvalue weighted by molar-refractivity contribution is 0.402. The van der Waals surface area contributed by atoms with Crippen LogP contribution in [0.25, 0.3) is 0 Å². The normalized spacial score (nSPS) is 19.3. The largest absolute Gasteiger partial charge is 0.484 e. The van der Waals surface area contributed by atoms with Crippen LogP contribution in [0.1, 0.15) is 0 Å². The van der Waals surface area contributed by atoms with Gasteiger partial charge >= 0.3 is 0 Å². The molecule has 0 saturated carbocycles. The number of methoxy groups -OCH3 is 1. The summed E-state index contributed by atoms with van der Waals surface area (Å²) in [7, 11) is 1.62. The molecule has 2 radical (unpaired) electrons. The lowest BCUT2D eigenvalue weighted by atomic mass is 10.8. The van der Waals surface area contributed by atoms with E-state index in [-0.39, 0.29) is 0 Å². The smallest absolute Gasteiger partial charge is 0.194 e. The molecule has 0 aromatic carbocycles. The predicted molar refractivity (Wildman–Crippen MR) is 30.1 cm³/mol. The third kappa shape index (κ3) is 1.09. The van der Waals surface area contributed by atoms with E-state index in [0.29, 0.717) is 0 Å². The van der Waals surface area contributed by atoms with E-state index >= 15 is 0 Å². The molecule has 7 heavy (non-hydrogen) atoms. The Balaban J connectivity index is 2.36. The highest BCUT2D eigenvalue weighted by molar-refractivity contribution is 8.02. The number of hydrogen-bond donors (Lipinski definition) is 0. The zero-order chi connectivity index (χ0) is 5.11. The minimum Gasteiger partial charge on any atom is -0.484 e. The van der Waals surface area contributed by atoms with Crippen molar-refractivity contribution in [2.45, 2.75) is 0 Å². The van der Waals surface area contributed by atoms with Gasteiger partial charge in [-0.1, -0.05) is 0 Å². The number of ether oxygens (including phenoxy) is 1. The molecule has 0 fully saturated rings. The molecule has 0 bridgehead atoms. The lowest BCUT2D eigenvalue weighted by Crippen LogP contribution is -1.97. The van der Waals surface area contributed by atoms with Crippen molar-refractivity contribution in [3.63, 3.8) is 0 Å². The van der Waals surface area contributed by atoms with E-state index in [2.05, 4.69) is 10.9 Å². The molecule has 0 aliphatic carbocycles. The maximum absolute atomic E-state index is 4.78. The minimum absolute atomic E-state index is 0.769. The first-order valence-electron chi connectivity index (χ1n) is 1.91. The van der Waals surface area contributed by atoms with E-state index < -0.39 is 0 Å². The number of thioether (sulfide) groups is 1. The van der Waals surface area contributed by atoms with E-state index in [0.717, 1.165) is 11.7 Å². The van der Waals surface area contributed by atoms with Crippen LogP contribution in [-0.2, 0) is 4.74 Å². The van der Waals surface area contributed by atoms with Crippen molar-refractivity contribution in [2.24, 2.45) is 4.99 Å². The molecule has 0 spiro atoms. The Morgan fingerprint density at radius 1 is 2.00 bits per heavy atom. The molecule has 2 nitrogen and oxygen atoms in total. The van der Waals surface area contributed by atoms with Gasteiger partial charge in [0.15, 0.2) is 11.8 Å². The summed E-state index contributed by atoms with van der Waals surface area (Å²) in [5.74, 6) is 4.32. The topological polar surface area (TPSA) is 21.6 Å². The average molecular weight is 115 g/mol. The molecular formula is C4H5NOS. The van der Waals surface area contributed by atoms with Gasteiger partial charge < -0.3 is 4.74 Å². The van der Waals surface area contributed by atoms with Crippen molar-refractivity contribution in [2.75, 3.05) is 12.9 Å². The Morgan fingerprint density at radius 3 is 3.14 bits per heavy atom. The molecule has 1 aliphatic heterocycles. The van der Waals surface area contributed by atoms with Crippen LogP contribution >= 0.6 is 11.8 Å². The summed E-state index contributed by atoms with van der Waals surface area (Å²) < 4.78 is 4.78. The molecular weight excluding hydrogens is 110 g/mol. The fourth-order valence-electron chi connectivity index (χ4n) is 0.314. The molecule has 1 heterocycles. The molecule has 38 valence electrons. The third-order valence-corrected chi connectivity index (χ3v) is 1.28. The second kappa shape index (κ2) is 2.21. The average Bonchev–Trinajstić information content (AvgIpc) is 2.14. The first-order chi connectivity index (χ1) is 3.43. The van der Waals surface area contributed by atoms with Crippen LogP contribution in [0.2, 0.25) is 0 Å². The van der Waals surface area contributed by atoms with Crippen molar-refractivity contribution in [1.29, 1.82) is 0 Å². The van der Waals surface area contributed by atoms with Gasteiger partial charge in [-0.15, -0.1) is 11.8 Å². The Kier molecular flexibility index (Phi) is 1.57. The van der Waals surface area contributed by atoms with Crippen LogP contribution in [0.15, 0.2) is 4.99 Å². The van der Waals surface area contributed by atoms with E-state index in [1.165, 1.54) is 11.8 Å². The Bertz CT molecular complexity index is 91.7. The molecule has 0 aromatic rings. The van der Waals surface area contributed by atoms with Gasteiger partial charge in [-0.2, -0.15) is 0 Å². The van der Waals surface area contributed by atoms with Gasteiger partial charge in [0.2, 0.25) is 0 Å². The zero-order valence-electron chi connectivity index (χ0n) is 3.97. The second-order valence-corrected chi connectivity index (χ2v) is 1.85. The number of hydrogen-bond acceptors (Lipinski definition) is 3. The van der Waals surface area contributed by atoms with E-state index in [1.807, 2.05) is 0 Å². The van der Waals surface area contributed by atoms with Crippen LogP contribution in [0.4, 0.5) is 0 Å². The molecule has 0 N–H and O–H groups in total. The summed E-state index contributed by atoms with van der Waals surface area (Å²) in [5, 5.41) is 0. The summed E-state index contributed by atoms with van der Waals surface area (Å²) in [6, 6.07) is 0. The molecule has 0 saturated heterocycles. The molecule has 0 atom stereocenters. The summed E-state index contributed by atoms with van der Waals surface area (Å²) in [6.07, 6.45) is 0. The van der Waals surface area contributed by atoms with Crippen molar-refractivity contribution in [3.05, 3.63) is 5.88 Å². The highest BCUT2D eigenvalue weighted by Crippen LogP contribution is 2.14. The first-order valence-corrected chi connectivity index (χ1v) is 2.89. The molecule has 1 aliphatic rings. The summed E-state index contributed by atoms with van der Waals surface area (Å²) in [5.41, 5.74) is 0. The quantitative estimate of drug-likeness (QED) is 0.465. The SMILES string of the molecule is COC1=N[C]SC1. The van der Waals surface area contributed by atoms with Crippen LogP contribution in [0.5, 0.6) is 0 Å². The van der Waals surface area contributed by atoms with Gasteiger partial charge in [-0.3, -0.25) is 0 Å². The Labute approximate surface area is 47.0 Å². The Morgan fingerprint density at radius 2 is 2.86 bits per heavy atom. The van der Waals surface area contributed by atoms with Crippen LogP contribution in [-0.4, -0.2) is 18.8 Å². The van der Waals surface area contributed by atoms with Gasteiger partial charge in [0, 0.05) is 0 Å². The minimum atomic E-state index is 0.769. The van der Waals surface area contributed by atoms with Gasteiger partial charge in [0.05, 0.1) is 12.9 Å². The molecule has 0 aromatic heterocycles. The highest BCUT2D eigenvalue weighted by Gasteiger charge is 2.05. The van der Waals surface area contributed by atoms with Gasteiger partial charge in [-0.05, 0) is 0 Å². The highest BCUT2D eigenvalue weighted by atomic mass is 32.2. The summed E-state index contributed by atoms with van der Waals surface area (Å²) in [4.78, 5) is 3.76. The van der Waals surface area contributed by atoms with Crippen LogP contribution in [0, 0.1) is 5.88 Å². The third-order valence-electron chi connectivity index (χ3n) is 0.666. The number of rotatable bonds is 0. The second-order valence-electron chi connectivity index (χ2n) is 1.09. The fourth-order valence-corrected chi connectivity index (χ4v) is 0.851. The van der Waals surface area contributed by atoms with Crippen LogP contribution in [0.3, 0.4) is 0 Å². The van der Waals surface area contributed by atoms with E-state index in [1.54, 1.807) is 7.11 Å². The van der Waals surface area contributed by atoms with Gasteiger partial charge in [-0.25, -0.2) is 4.99 Å². The standard InChI is InChI=1S/C4H5NOS/c1-6-4-2-7-3-5-4/h2H2,1H3. The van der Waals surface area contributed by atoms with Crippen molar-refractivity contribution in [3.8, 4) is 0 Å². The molecule has 0 unspecified atom stereocenters. The summed E-state index contributed by atoms with van der Waals surface area (Å²) >= 11 is 1.53. The van der Waals surface area contributed by atoms with Crippen molar-refractivity contribution < 1.29 is 4.74 Å². The molecule has 3 heteroatoms. The van der Waals surface area contributed by atoms with Gasteiger partial charge in [0.1, 0.15) is 0 Å². The Hall–Kier alpha value is -0.180. The maximum atomic E-state index is 4.78. The van der Waals surface area contributed by atoms with E-state index in [9.17, 15) is 0 Å². The van der Waals surface area contributed by atoms with Gasteiger partial charge in [0.25, 0.3) is 0 Å². The van der Waals surface area contributed by atoms with Crippen molar-refractivity contribution >= 4 is 17.7 Å². The van der Waals surface area contributed by atoms with Crippen molar-refractivity contribution in [1.82, 2.24) is 0 Å².